The van der Waals surface area contributed by atoms with E-state index in [1.54, 1.807) is 37.8 Å². The second kappa shape index (κ2) is 16.1. The highest BCUT2D eigenvalue weighted by Crippen LogP contribution is 2.35. The first-order valence-corrected chi connectivity index (χ1v) is 14.6. The topological polar surface area (TPSA) is 118 Å². The number of carbonyl (C=O) groups excluding carboxylic acids is 1. The van der Waals surface area contributed by atoms with Gasteiger partial charge in [-0.15, -0.1) is 0 Å². The van der Waals surface area contributed by atoms with Gasteiger partial charge in [0, 0.05) is 49.4 Å². The number of quaternary nitrogens is 1. The molecule has 8 nitrogen and oxygen atoms in total. The predicted octanol–water partition coefficient (Wildman–Crippen LogP) is 3.11. The van der Waals surface area contributed by atoms with Gasteiger partial charge in [0.15, 0.2) is 0 Å². The van der Waals surface area contributed by atoms with Crippen molar-refractivity contribution in [3.8, 4) is 12.1 Å². The minimum atomic E-state index is -4.58. The number of anilines is 2. The molecule has 0 bridgehead atoms. The molecule has 2 aliphatic rings. The summed E-state index contributed by atoms with van der Waals surface area (Å²) < 4.78 is 82.8. The van der Waals surface area contributed by atoms with Crippen molar-refractivity contribution in [1.29, 1.82) is 10.5 Å². The lowest BCUT2D eigenvalue weighted by Gasteiger charge is -2.34. The molecule has 0 radical (unpaired) electrons. The molecule has 2 fully saturated rings. The minimum absolute atomic E-state index is 0. The van der Waals surface area contributed by atoms with Crippen LogP contribution in [0.1, 0.15) is 68.7 Å². The number of nitrogens with two attached hydrogens (primary N) is 1. The number of nitrogens with zero attached hydrogens (tertiary/aromatic N) is 3. The molecule has 2 heterocycles. The van der Waals surface area contributed by atoms with Crippen molar-refractivity contribution in [1.82, 2.24) is 4.90 Å². The molecule has 2 aromatic rings. The number of carbonyl (C=O) groups is 1. The summed E-state index contributed by atoms with van der Waals surface area (Å²) in [5.74, 6) is 0. The van der Waals surface area contributed by atoms with Gasteiger partial charge < -0.3 is 38.0 Å². The second-order valence-electron chi connectivity index (χ2n) is 11.9. The number of alkyl halides is 6. The molecule has 0 aliphatic carbocycles. The molecule has 46 heavy (non-hydrogen) atoms. The van der Waals surface area contributed by atoms with Crippen LogP contribution < -0.4 is 28.4 Å². The summed E-state index contributed by atoms with van der Waals surface area (Å²) in [6, 6.07) is 10.7. The molecule has 0 spiro atoms. The Hall–Kier alpha value is -3.88. The number of ether oxygens (including phenoxy) is 1. The zero-order valence-corrected chi connectivity index (χ0v) is 26.4. The Morgan fingerprint density at radius 3 is 1.59 bits per heavy atom. The van der Waals surface area contributed by atoms with E-state index in [0.717, 1.165) is 38.1 Å². The molecular formula is C31H37ClF6N6O2. The molecule has 0 unspecified atom stereocenters. The molecule has 0 aromatic heterocycles. The fourth-order valence-electron chi connectivity index (χ4n) is 5.01. The number of halogens is 7. The van der Waals surface area contributed by atoms with Crippen LogP contribution in [0.3, 0.4) is 0 Å². The number of benzene rings is 2. The smallest absolute Gasteiger partial charge is 0.417 e. The lowest BCUT2D eigenvalue weighted by atomic mass is 10.0. The summed E-state index contributed by atoms with van der Waals surface area (Å²) in [6.45, 7) is 8.29. The van der Waals surface area contributed by atoms with Crippen LogP contribution in [-0.4, -0.2) is 54.9 Å². The zero-order valence-electron chi connectivity index (χ0n) is 25.7. The third-order valence-corrected chi connectivity index (χ3v) is 7.22. The summed E-state index contributed by atoms with van der Waals surface area (Å²) in [4.78, 5) is 13.6. The Balaban J connectivity index is 0.000000328. The lowest BCUT2D eigenvalue weighted by molar-refractivity contribution is -0.662. The van der Waals surface area contributed by atoms with Crippen molar-refractivity contribution < 1.29 is 53.6 Å². The van der Waals surface area contributed by atoms with Gasteiger partial charge in [0.05, 0.1) is 47.5 Å². The van der Waals surface area contributed by atoms with Gasteiger partial charge >= 0.3 is 18.4 Å². The Kier molecular flexibility index (Phi) is 13.4. The molecule has 2 aliphatic heterocycles. The fraction of sp³-hybridized carbons (Fsp3) is 0.516. The largest absolute Gasteiger partial charge is 1.00 e. The molecular weight excluding hydrogens is 638 g/mol. The lowest BCUT2D eigenvalue weighted by Crippen LogP contribution is -3.00. The first-order valence-electron chi connectivity index (χ1n) is 14.6. The highest BCUT2D eigenvalue weighted by atomic mass is 35.5. The normalized spacial score (nSPS) is 16.1. The number of nitrogens with one attached hydrogen (secondary N) is 2. The monoisotopic (exact) mass is 674 g/mol. The van der Waals surface area contributed by atoms with Crippen molar-refractivity contribution in [3.63, 3.8) is 0 Å². The molecule has 15 heteroatoms. The third-order valence-electron chi connectivity index (χ3n) is 7.22. The minimum Gasteiger partial charge on any atom is -1.00 e. The third kappa shape index (κ3) is 11.5. The number of hydrogen-bond donors (Lipinski definition) is 3. The highest BCUT2D eigenvalue weighted by molar-refractivity contribution is 5.68. The van der Waals surface area contributed by atoms with Crippen LogP contribution in [0.2, 0.25) is 0 Å². The molecule has 2 saturated heterocycles. The predicted molar refractivity (Wildman–Crippen MR) is 155 cm³/mol. The quantitative estimate of drug-likeness (QED) is 0.430. The number of likely N-dealkylation sites (tertiary alicyclic amines) is 1. The first-order chi connectivity index (χ1) is 21.0. The maximum Gasteiger partial charge on any atom is 0.417 e. The van der Waals surface area contributed by atoms with Crippen LogP contribution >= 0.6 is 0 Å². The summed E-state index contributed by atoms with van der Waals surface area (Å²) in [5.41, 5.74) is -2.38. The number of hydrogen-bond acceptors (Lipinski definition) is 6. The van der Waals surface area contributed by atoms with E-state index in [4.69, 9.17) is 15.3 Å². The van der Waals surface area contributed by atoms with E-state index in [0.29, 0.717) is 37.3 Å². The summed E-state index contributed by atoms with van der Waals surface area (Å²) in [6.07, 6.45) is -6.40. The van der Waals surface area contributed by atoms with Gasteiger partial charge in [0.2, 0.25) is 0 Å². The SMILES string of the molecule is CC(C)(C)OC(=O)N1CCC(Nc2ccc(C#N)c(C(F)(F)F)c2)CC1.N#Cc1ccc(NC2CC[NH2+]CC2)cc1C(F)(F)F.[Cl-]. The zero-order chi connectivity index (χ0) is 33.4. The molecule has 1 amide bonds. The van der Waals surface area contributed by atoms with Gasteiger partial charge in [-0.3, -0.25) is 0 Å². The molecule has 252 valence electrons. The molecule has 2 aromatic carbocycles. The van der Waals surface area contributed by atoms with Crippen molar-refractivity contribution >= 4 is 17.5 Å². The average Bonchev–Trinajstić information content (AvgIpc) is 2.96. The van der Waals surface area contributed by atoms with Gasteiger partial charge in [0.1, 0.15) is 5.60 Å². The van der Waals surface area contributed by atoms with E-state index in [9.17, 15) is 31.1 Å². The van der Waals surface area contributed by atoms with Crippen LogP contribution in [0.25, 0.3) is 0 Å². The van der Waals surface area contributed by atoms with E-state index < -0.39 is 34.6 Å². The van der Waals surface area contributed by atoms with Crippen molar-refractivity contribution in [2.75, 3.05) is 36.8 Å². The number of amides is 1. The van der Waals surface area contributed by atoms with Gasteiger partial charge in [-0.1, -0.05) is 0 Å². The second-order valence-corrected chi connectivity index (χ2v) is 11.9. The number of nitriles is 2. The van der Waals surface area contributed by atoms with Crippen LogP contribution in [-0.2, 0) is 17.1 Å². The van der Waals surface area contributed by atoms with Crippen molar-refractivity contribution in [3.05, 3.63) is 58.7 Å². The van der Waals surface area contributed by atoms with E-state index in [2.05, 4.69) is 16.0 Å². The van der Waals surface area contributed by atoms with Crippen molar-refractivity contribution in [2.24, 2.45) is 0 Å². The molecule has 4 rings (SSSR count). The summed E-state index contributed by atoms with van der Waals surface area (Å²) in [5, 5.41) is 25.9. The Labute approximate surface area is 270 Å². The van der Waals surface area contributed by atoms with E-state index in [1.807, 2.05) is 0 Å². The molecule has 4 N–H and O–H groups in total. The van der Waals surface area contributed by atoms with E-state index in [1.165, 1.54) is 24.3 Å². The Morgan fingerprint density at radius 1 is 0.804 bits per heavy atom. The Bertz CT molecular complexity index is 1400. The van der Waals surface area contributed by atoms with Gasteiger partial charge in [-0.25, -0.2) is 4.79 Å². The van der Waals surface area contributed by atoms with E-state index in [-0.39, 0.29) is 36.1 Å². The molecule has 0 atom stereocenters. The van der Waals surface area contributed by atoms with Gasteiger partial charge in [-0.05, 0) is 70.0 Å². The van der Waals surface area contributed by atoms with Crippen LogP contribution in [0.15, 0.2) is 36.4 Å². The van der Waals surface area contributed by atoms with Gasteiger partial charge in [-0.2, -0.15) is 36.9 Å². The summed E-state index contributed by atoms with van der Waals surface area (Å²) >= 11 is 0. The van der Waals surface area contributed by atoms with Gasteiger partial charge in [0.25, 0.3) is 0 Å². The van der Waals surface area contributed by atoms with Crippen molar-refractivity contribution in [2.45, 2.75) is 76.5 Å². The van der Waals surface area contributed by atoms with E-state index >= 15 is 0 Å². The maximum absolute atomic E-state index is 13.0. The standard InChI is InChI=1S/C18H22F3N3O2.C13H14F3N3.ClH/c1-17(2,3)26-16(25)24-8-6-13(7-9-24)23-14-5-4-12(11-22)15(10-14)18(19,20)21;14-13(15,16)12-7-11(2-1-9(12)8-17)19-10-3-5-18-6-4-10;/h4-5,10,13,23H,6-9H2,1-3H3;1-2,7,10,18-19H,3-6H2;1H. The van der Waals surface area contributed by atoms with Crippen LogP contribution in [0.4, 0.5) is 42.5 Å². The fourth-order valence-corrected chi connectivity index (χ4v) is 5.01. The molecule has 0 saturated carbocycles. The maximum atomic E-state index is 13.0. The Morgan fingerprint density at radius 2 is 1.22 bits per heavy atom. The summed E-state index contributed by atoms with van der Waals surface area (Å²) in [7, 11) is 0. The van der Waals surface area contributed by atoms with Crippen LogP contribution in [0, 0.1) is 22.7 Å². The highest BCUT2D eigenvalue weighted by Gasteiger charge is 2.35. The number of rotatable bonds is 4. The number of piperidine rings is 2. The van der Waals surface area contributed by atoms with Crippen LogP contribution in [0.5, 0.6) is 0 Å². The first kappa shape index (κ1) is 38.3. The average molecular weight is 675 g/mol.